The van der Waals surface area contributed by atoms with Crippen LogP contribution in [0.25, 0.3) is 0 Å². The van der Waals surface area contributed by atoms with Crippen LogP contribution in [-0.4, -0.2) is 52.6 Å². The number of nitrogens with zero attached hydrogens (tertiary/aromatic N) is 2. The Hall–Kier alpha value is -2.09. The van der Waals surface area contributed by atoms with E-state index in [-0.39, 0.29) is 0 Å². The molecule has 2 aromatic rings. The molecule has 0 radical (unpaired) electrons. The first-order valence-corrected chi connectivity index (χ1v) is 11.3. The summed E-state index contributed by atoms with van der Waals surface area (Å²) in [6.07, 6.45) is 1.81. The molecule has 1 fully saturated rings. The fraction of sp³-hybridized carbons (Fsp3) is 0.429. The van der Waals surface area contributed by atoms with E-state index in [1.165, 1.54) is 5.69 Å². The van der Waals surface area contributed by atoms with Gasteiger partial charge in [0, 0.05) is 44.1 Å². The third kappa shape index (κ3) is 5.70. The second-order valence-electron chi connectivity index (χ2n) is 7.34. The number of nitrogens with two attached hydrogens (primary N) is 1. The number of nitrogen functional groups attached to an aromatic ring is 1. The van der Waals surface area contributed by atoms with E-state index in [4.69, 9.17) is 5.73 Å². The predicted molar refractivity (Wildman–Crippen MR) is 115 cm³/mol. The molecule has 2 aromatic carbocycles. The van der Waals surface area contributed by atoms with Gasteiger partial charge in [0.2, 0.25) is 10.0 Å². The number of anilines is 2. The standard InChI is InChI=1S/C21H30N4O2S/c1-18-7-9-21(10-8-18)28(26,27)23-11-2-3-12-24-13-15-25(16-14-24)20-6-4-5-19(22)17-20/h4-10,17,23H,2-3,11-16,22H2,1H3. The topological polar surface area (TPSA) is 78.7 Å². The van der Waals surface area contributed by atoms with Gasteiger partial charge in [-0.3, -0.25) is 4.90 Å². The van der Waals surface area contributed by atoms with Crippen LogP contribution in [0.1, 0.15) is 18.4 Å². The number of aryl methyl sites for hydroxylation is 1. The molecule has 152 valence electrons. The van der Waals surface area contributed by atoms with E-state index in [2.05, 4.69) is 20.6 Å². The molecule has 0 saturated carbocycles. The van der Waals surface area contributed by atoms with Gasteiger partial charge in [0.15, 0.2) is 0 Å². The number of benzene rings is 2. The highest BCUT2D eigenvalue weighted by Gasteiger charge is 2.17. The Balaban J connectivity index is 1.34. The molecule has 0 unspecified atom stereocenters. The van der Waals surface area contributed by atoms with Crippen molar-refractivity contribution >= 4 is 21.4 Å². The lowest BCUT2D eigenvalue weighted by atomic mass is 10.2. The number of rotatable bonds is 8. The Morgan fingerprint density at radius 2 is 1.71 bits per heavy atom. The van der Waals surface area contributed by atoms with Crippen LogP contribution in [0, 0.1) is 6.92 Å². The molecule has 1 saturated heterocycles. The maximum atomic E-state index is 12.3. The Bertz CT molecular complexity index is 860. The van der Waals surface area contributed by atoms with Crippen molar-refractivity contribution in [2.24, 2.45) is 0 Å². The summed E-state index contributed by atoms with van der Waals surface area (Å²) in [6.45, 7) is 7.43. The molecular weight excluding hydrogens is 372 g/mol. The average molecular weight is 403 g/mol. The van der Waals surface area contributed by atoms with Gasteiger partial charge in [-0.2, -0.15) is 0 Å². The van der Waals surface area contributed by atoms with Gasteiger partial charge in [0.05, 0.1) is 4.90 Å². The molecule has 0 spiro atoms. The lowest BCUT2D eigenvalue weighted by Gasteiger charge is -2.36. The van der Waals surface area contributed by atoms with E-state index in [1.807, 2.05) is 37.3 Å². The van der Waals surface area contributed by atoms with Crippen molar-refractivity contribution in [2.75, 3.05) is 49.9 Å². The summed E-state index contributed by atoms with van der Waals surface area (Å²) >= 11 is 0. The van der Waals surface area contributed by atoms with E-state index in [9.17, 15) is 8.42 Å². The van der Waals surface area contributed by atoms with Crippen molar-refractivity contribution in [2.45, 2.75) is 24.7 Å². The fourth-order valence-electron chi connectivity index (χ4n) is 3.42. The van der Waals surface area contributed by atoms with Gasteiger partial charge in [0.1, 0.15) is 0 Å². The van der Waals surface area contributed by atoms with Crippen LogP contribution in [0.2, 0.25) is 0 Å². The van der Waals surface area contributed by atoms with Gasteiger partial charge in [-0.15, -0.1) is 0 Å². The second-order valence-corrected chi connectivity index (χ2v) is 9.11. The van der Waals surface area contributed by atoms with Crippen molar-refractivity contribution in [3.63, 3.8) is 0 Å². The molecule has 0 aromatic heterocycles. The normalized spacial score (nSPS) is 15.7. The van der Waals surface area contributed by atoms with E-state index < -0.39 is 10.0 Å². The highest BCUT2D eigenvalue weighted by Crippen LogP contribution is 2.19. The zero-order valence-corrected chi connectivity index (χ0v) is 17.3. The summed E-state index contributed by atoms with van der Waals surface area (Å²) in [5.41, 5.74) is 8.91. The molecule has 28 heavy (non-hydrogen) atoms. The third-order valence-corrected chi connectivity index (χ3v) is 6.61. The largest absolute Gasteiger partial charge is 0.399 e. The van der Waals surface area contributed by atoms with E-state index in [1.54, 1.807) is 12.1 Å². The van der Waals surface area contributed by atoms with E-state index in [0.717, 1.165) is 56.8 Å². The van der Waals surface area contributed by atoms with Crippen LogP contribution in [0.4, 0.5) is 11.4 Å². The maximum absolute atomic E-state index is 12.3. The van der Waals surface area contributed by atoms with Gasteiger partial charge >= 0.3 is 0 Å². The summed E-state index contributed by atoms with van der Waals surface area (Å²) in [6, 6.07) is 15.0. The highest BCUT2D eigenvalue weighted by atomic mass is 32.2. The summed E-state index contributed by atoms with van der Waals surface area (Å²) < 4.78 is 27.2. The lowest BCUT2D eigenvalue weighted by Crippen LogP contribution is -2.46. The monoisotopic (exact) mass is 402 g/mol. The minimum atomic E-state index is -3.40. The van der Waals surface area contributed by atoms with Crippen LogP contribution in [0.5, 0.6) is 0 Å². The van der Waals surface area contributed by atoms with Gasteiger partial charge in [-0.05, 0) is 56.6 Å². The smallest absolute Gasteiger partial charge is 0.240 e. The molecule has 3 rings (SSSR count). The molecule has 6 nitrogen and oxygen atoms in total. The first kappa shape index (κ1) is 20.6. The predicted octanol–water partition coefficient (Wildman–Crippen LogP) is 2.46. The van der Waals surface area contributed by atoms with Crippen molar-refractivity contribution in [1.29, 1.82) is 0 Å². The second kappa shape index (κ2) is 9.41. The van der Waals surface area contributed by atoms with Gasteiger partial charge < -0.3 is 10.6 Å². The SMILES string of the molecule is Cc1ccc(S(=O)(=O)NCCCCN2CCN(c3cccc(N)c3)CC2)cc1. The number of piperazine rings is 1. The van der Waals surface area contributed by atoms with Gasteiger partial charge in [0.25, 0.3) is 0 Å². The molecule has 0 atom stereocenters. The Morgan fingerprint density at radius 3 is 2.39 bits per heavy atom. The third-order valence-electron chi connectivity index (χ3n) is 5.13. The minimum absolute atomic E-state index is 0.329. The molecule has 0 bridgehead atoms. The molecule has 0 amide bonds. The Morgan fingerprint density at radius 1 is 1.00 bits per heavy atom. The van der Waals surface area contributed by atoms with Crippen LogP contribution < -0.4 is 15.4 Å². The number of sulfonamides is 1. The molecular formula is C21H30N4O2S. The summed E-state index contributed by atoms with van der Waals surface area (Å²) in [5.74, 6) is 0. The molecule has 7 heteroatoms. The molecule has 1 heterocycles. The van der Waals surface area contributed by atoms with Crippen LogP contribution in [-0.2, 0) is 10.0 Å². The van der Waals surface area contributed by atoms with Crippen LogP contribution >= 0.6 is 0 Å². The van der Waals surface area contributed by atoms with Crippen molar-refractivity contribution in [1.82, 2.24) is 9.62 Å². The molecule has 3 N–H and O–H groups in total. The summed E-state index contributed by atoms with van der Waals surface area (Å²) in [4.78, 5) is 5.13. The van der Waals surface area contributed by atoms with Crippen LogP contribution in [0.3, 0.4) is 0 Å². The quantitative estimate of drug-likeness (QED) is 0.524. The fourth-order valence-corrected chi connectivity index (χ4v) is 4.49. The van der Waals surface area contributed by atoms with Gasteiger partial charge in [-0.25, -0.2) is 13.1 Å². The first-order chi connectivity index (χ1) is 13.4. The Kier molecular flexibility index (Phi) is 6.93. The van der Waals surface area contributed by atoms with Crippen molar-refractivity contribution in [3.05, 3.63) is 54.1 Å². The minimum Gasteiger partial charge on any atom is -0.399 e. The molecule has 0 aliphatic carbocycles. The lowest BCUT2D eigenvalue weighted by molar-refractivity contribution is 0.253. The maximum Gasteiger partial charge on any atom is 0.240 e. The van der Waals surface area contributed by atoms with Gasteiger partial charge in [-0.1, -0.05) is 23.8 Å². The highest BCUT2D eigenvalue weighted by molar-refractivity contribution is 7.89. The summed E-state index contributed by atoms with van der Waals surface area (Å²) in [7, 11) is -3.40. The van der Waals surface area contributed by atoms with Crippen molar-refractivity contribution < 1.29 is 8.42 Å². The zero-order valence-electron chi connectivity index (χ0n) is 16.5. The number of hydrogen-bond donors (Lipinski definition) is 2. The van der Waals surface area contributed by atoms with Crippen LogP contribution in [0.15, 0.2) is 53.4 Å². The zero-order chi connectivity index (χ0) is 20.0. The van der Waals surface area contributed by atoms with Crippen molar-refractivity contribution in [3.8, 4) is 0 Å². The first-order valence-electron chi connectivity index (χ1n) is 9.83. The van der Waals surface area contributed by atoms with E-state index >= 15 is 0 Å². The number of nitrogens with one attached hydrogen (secondary N) is 1. The molecule has 1 aliphatic heterocycles. The average Bonchev–Trinajstić information content (AvgIpc) is 2.68. The number of unbranched alkanes of at least 4 members (excludes halogenated alkanes) is 1. The molecule has 1 aliphatic rings. The van der Waals surface area contributed by atoms with E-state index in [0.29, 0.717) is 11.4 Å². The Labute approximate surface area is 168 Å². The number of hydrogen-bond acceptors (Lipinski definition) is 5. The summed E-state index contributed by atoms with van der Waals surface area (Å²) in [5, 5.41) is 0.